The molecule has 0 radical (unpaired) electrons. The summed E-state index contributed by atoms with van der Waals surface area (Å²) in [5.74, 6) is 1.78. The first-order chi connectivity index (χ1) is 9.22. The van der Waals surface area contributed by atoms with E-state index < -0.39 is 0 Å². The van der Waals surface area contributed by atoms with E-state index in [0.29, 0.717) is 13.0 Å². The highest BCUT2D eigenvalue weighted by Crippen LogP contribution is 2.25. The minimum absolute atomic E-state index is 0.236. The molecule has 0 fully saturated rings. The summed E-state index contributed by atoms with van der Waals surface area (Å²) >= 11 is 0. The smallest absolute Gasteiger partial charge is 0.163 e. The van der Waals surface area contributed by atoms with E-state index in [0.717, 1.165) is 41.2 Å². The van der Waals surface area contributed by atoms with Crippen LogP contribution in [0.25, 0.3) is 0 Å². The second-order valence-corrected chi connectivity index (χ2v) is 4.81. The van der Waals surface area contributed by atoms with E-state index in [2.05, 4.69) is 5.16 Å². The molecule has 0 saturated carbocycles. The maximum absolute atomic E-state index is 11.7. The molecule has 1 aromatic carbocycles. The summed E-state index contributed by atoms with van der Waals surface area (Å²) in [7, 11) is 0. The molecule has 0 unspecified atom stereocenters. The van der Waals surface area contributed by atoms with E-state index in [-0.39, 0.29) is 5.78 Å². The van der Waals surface area contributed by atoms with Crippen molar-refractivity contribution in [1.29, 1.82) is 0 Å². The van der Waals surface area contributed by atoms with Crippen molar-refractivity contribution in [3.05, 3.63) is 46.8 Å². The average Bonchev–Trinajstić information content (AvgIpc) is 2.82. The van der Waals surface area contributed by atoms with Crippen LogP contribution in [0.15, 0.2) is 28.8 Å². The molecule has 1 aliphatic carbocycles. The number of hydrogen-bond donors (Lipinski definition) is 0. The Labute approximate surface area is 111 Å². The maximum atomic E-state index is 11.7. The molecule has 98 valence electrons. The highest BCUT2D eigenvalue weighted by molar-refractivity contribution is 5.98. The van der Waals surface area contributed by atoms with Gasteiger partial charge in [-0.15, -0.1) is 0 Å². The Balaban J connectivity index is 1.73. The van der Waals surface area contributed by atoms with Crippen LogP contribution in [0.4, 0.5) is 0 Å². The molecule has 1 aliphatic rings. The monoisotopic (exact) mass is 257 g/mol. The van der Waals surface area contributed by atoms with E-state index in [1.165, 1.54) is 0 Å². The van der Waals surface area contributed by atoms with Gasteiger partial charge in [-0.25, -0.2) is 0 Å². The molecule has 0 N–H and O–H groups in total. The summed E-state index contributed by atoms with van der Waals surface area (Å²) in [5, 5.41) is 3.88. The van der Waals surface area contributed by atoms with Crippen LogP contribution < -0.4 is 4.74 Å². The van der Waals surface area contributed by atoms with Gasteiger partial charge in [0.15, 0.2) is 5.78 Å². The summed E-state index contributed by atoms with van der Waals surface area (Å²) in [4.78, 5) is 11.7. The summed E-state index contributed by atoms with van der Waals surface area (Å²) in [6.07, 6.45) is 2.53. The van der Waals surface area contributed by atoms with Gasteiger partial charge in [-0.1, -0.05) is 5.16 Å². The lowest BCUT2D eigenvalue weighted by Gasteiger charge is -2.15. The molecule has 19 heavy (non-hydrogen) atoms. The third-order valence-electron chi connectivity index (χ3n) is 3.29. The predicted molar refractivity (Wildman–Crippen MR) is 69.3 cm³/mol. The minimum atomic E-state index is 0.236. The van der Waals surface area contributed by atoms with Gasteiger partial charge in [-0.3, -0.25) is 4.79 Å². The lowest BCUT2D eigenvalue weighted by molar-refractivity contribution is 0.0972. The molecule has 1 aromatic heterocycles. The molecule has 3 rings (SSSR count). The van der Waals surface area contributed by atoms with E-state index in [4.69, 9.17) is 9.26 Å². The van der Waals surface area contributed by atoms with Crippen molar-refractivity contribution < 1.29 is 14.1 Å². The second-order valence-electron chi connectivity index (χ2n) is 4.81. The summed E-state index contributed by atoms with van der Waals surface area (Å²) in [6, 6.07) is 7.51. The number of rotatable bonds is 3. The topological polar surface area (TPSA) is 52.3 Å². The van der Waals surface area contributed by atoms with Gasteiger partial charge in [0.05, 0.1) is 0 Å². The van der Waals surface area contributed by atoms with Crippen molar-refractivity contribution in [2.45, 2.75) is 32.8 Å². The van der Waals surface area contributed by atoms with Crippen LogP contribution in [0.1, 0.15) is 40.2 Å². The Hall–Kier alpha value is -2.10. The van der Waals surface area contributed by atoms with Crippen molar-refractivity contribution in [1.82, 2.24) is 5.16 Å². The number of Topliss-reactive ketones (excluding diaryl/α,β-unsaturated/α-hetero) is 1. The third kappa shape index (κ3) is 2.52. The minimum Gasteiger partial charge on any atom is -0.487 e. The van der Waals surface area contributed by atoms with E-state index in [1.54, 1.807) is 0 Å². The largest absolute Gasteiger partial charge is 0.487 e. The number of nitrogens with zero attached hydrogens (tertiary/aromatic N) is 1. The van der Waals surface area contributed by atoms with Crippen molar-refractivity contribution in [3.8, 4) is 5.75 Å². The van der Waals surface area contributed by atoms with Gasteiger partial charge in [0, 0.05) is 18.1 Å². The van der Waals surface area contributed by atoms with Gasteiger partial charge in [-0.2, -0.15) is 0 Å². The van der Waals surface area contributed by atoms with Gasteiger partial charge in [0.25, 0.3) is 0 Å². The van der Waals surface area contributed by atoms with Gasteiger partial charge >= 0.3 is 0 Å². The van der Waals surface area contributed by atoms with Gasteiger partial charge in [0.2, 0.25) is 0 Å². The molecular weight excluding hydrogens is 242 g/mol. The molecular formula is C15H15NO3. The SMILES string of the molecule is Cc1cc(COc2ccc3c(c2)CCCC3=O)no1. The van der Waals surface area contributed by atoms with Crippen molar-refractivity contribution in [2.24, 2.45) is 0 Å². The van der Waals surface area contributed by atoms with Crippen LogP contribution in [-0.4, -0.2) is 10.9 Å². The Kier molecular flexibility index (Phi) is 3.07. The molecule has 1 heterocycles. The van der Waals surface area contributed by atoms with Crippen LogP contribution in [0.2, 0.25) is 0 Å². The molecule has 0 aliphatic heterocycles. The summed E-state index contributed by atoms with van der Waals surface area (Å²) in [6.45, 7) is 2.23. The Bertz CT molecular complexity index is 616. The van der Waals surface area contributed by atoms with Crippen molar-refractivity contribution >= 4 is 5.78 Å². The molecule has 0 atom stereocenters. The number of fused-ring (bicyclic) bond motifs is 1. The predicted octanol–water partition coefficient (Wildman–Crippen LogP) is 3.08. The summed E-state index contributed by atoms with van der Waals surface area (Å²) in [5.41, 5.74) is 2.70. The standard InChI is InChI=1S/C15H15NO3/c1-10-7-12(16-19-10)9-18-13-5-6-14-11(8-13)3-2-4-15(14)17/h5-8H,2-4,9H2,1H3. The van der Waals surface area contributed by atoms with E-state index in [1.807, 2.05) is 31.2 Å². The number of aryl methyl sites for hydroxylation is 2. The first-order valence-electron chi connectivity index (χ1n) is 6.43. The van der Waals surface area contributed by atoms with Crippen molar-refractivity contribution in [2.75, 3.05) is 0 Å². The molecule has 0 saturated heterocycles. The quantitative estimate of drug-likeness (QED) is 0.847. The first kappa shape index (κ1) is 12.0. The zero-order valence-electron chi connectivity index (χ0n) is 10.8. The van der Waals surface area contributed by atoms with Crippen LogP contribution in [0, 0.1) is 6.92 Å². The second kappa shape index (κ2) is 4.88. The van der Waals surface area contributed by atoms with Gasteiger partial charge in [0.1, 0.15) is 23.8 Å². The zero-order chi connectivity index (χ0) is 13.2. The summed E-state index contributed by atoms with van der Waals surface area (Å²) < 4.78 is 10.7. The van der Waals surface area contributed by atoms with Crippen LogP contribution in [0.3, 0.4) is 0 Å². The molecule has 2 aromatic rings. The van der Waals surface area contributed by atoms with Gasteiger partial charge < -0.3 is 9.26 Å². The Morgan fingerprint density at radius 3 is 3.00 bits per heavy atom. The Morgan fingerprint density at radius 2 is 2.21 bits per heavy atom. The fourth-order valence-corrected chi connectivity index (χ4v) is 2.36. The number of aromatic nitrogens is 1. The first-order valence-corrected chi connectivity index (χ1v) is 6.43. The fraction of sp³-hybridized carbons (Fsp3) is 0.333. The third-order valence-corrected chi connectivity index (χ3v) is 3.29. The van der Waals surface area contributed by atoms with E-state index in [9.17, 15) is 4.79 Å². The van der Waals surface area contributed by atoms with Crippen LogP contribution >= 0.6 is 0 Å². The number of benzene rings is 1. The number of carbonyl (C=O) groups excluding carboxylic acids is 1. The fourth-order valence-electron chi connectivity index (χ4n) is 2.36. The molecule has 0 amide bonds. The lowest BCUT2D eigenvalue weighted by Crippen LogP contribution is -2.10. The number of carbonyl (C=O) groups is 1. The van der Waals surface area contributed by atoms with Crippen LogP contribution in [-0.2, 0) is 13.0 Å². The Morgan fingerprint density at radius 1 is 1.32 bits per heavy atom. The lowest BCUT2D eigenvalue weighted by atomic mass is 9.90. The molecule has 4 nitrogen and oxygen atoms in total. The molecule has 0 spiro atoms. The number of ketones is 1. The molecule has 0 bridgehead atoms. The highest BCUT2D eigenvalue weighted by Gasteiger charge is 2.17. The average molecular weight is 257 g/mol. The zero-order valence-corrected chi connectivity index (χ0v) is 10.8. The normalized spacial score (nSPS) is 14.3. The maximum Gasteiger partial charge on any atom is 0.163 e. The number of hydrogen-bond acceptors (Lipinski definition) is 4. The van der Waals surface area contributed by atoms with Gasteiger partial charge in [-0.05, 0) is 43.5 Å². The van der Waals surface area contributed by atoms with Crippen molar-refractivity contribution in [3.63, 3.8) is 0 Å². The van der Waals surface area contributed by atoms with E-state index >= 15 is 0 Å². The number of ether oxygens (including phenoxy) is 1. The highest BCUT2D eigenvalue weighted by atomic mass is 16.5. The van der Waals surface area contributed by atoms with Crippen LogP contribution in [0.5, 0.6) is 5.75 Å². The molecule has 4 heteroatoms.